The van der Waals surface area contributed by atoms with Crippen molar-refractivity contribution in [3.05, 3.63) is 40.5 Å². The third-order valence-electron chi connectivity index (χ3n) is 4.19. The van der Waals surface area contributed by atoms with Gasteiger partial charge in [-0.3, -0.25) is 9.59 Å². The molecule has 0 aromatic heterocycles. The Morgan fingerprint density at radius 3 is 2.04 bits per heavy atom. The molecule has 2 amide bonds. The number of rotatable bonds is 2. The molecule has 0 unspecified atom stereocenters. The monoisotopic (exact) mass is 339 g/mol. The van der Waals surface area contributed by atoms with Crippen molar-refractivity contribution < 1.29 is 32.7 Å². The molecule has 0 fully saturated rings. The highest BCUT2D eigenvalue weighted by atomic mass is 19.4. The average Bonchev–Trinajstić information content (AvgIpc) is 2.78. The molecule has 126 valence electrons. The molecule has 1 aliphatic carbocycles. The second-order valence-electron chi connectivity index (χ2n) is 5.64. The van der Waals surface area contributed by atoms with Crippen molar-refractivity contribution in [2.24, 2.45) is 0 Å². The van der Waals surface area contributed by atoms with Gasteiger partial charge in [0.1, 0.15) is 0 Å². The van der Waals surface area contributed by atoms with Crippen LogP contribution < -0.4 is 4.90 Å². The predicted octanol–water partition coefficient (Wildman–Crippen LogP) is 3.15. The predicted molar refractivity (Wildman–Crippen MR) is 76.4 cm³/mol. The second-order valence-corrected chi connectivity index (χ2v) is 5.64. The number of nitrogens with zero attached hydrogens (tertiary/aromatic N) is 1. The number of aromatic carboxylic acids is 1. The van der Waals surface area contributed by atoms with Gasteiger partial charge >= 0.3 is 12.1 Å². The van der Waals surface area contributed by atoms with Crippen molar-refractivity contribution >= 4 is 23.5 Å². The van der Waals surface area contributed by atoms with Crippen molar-refractivity contribution in [3.8, 4) is 0 Å². The number of carboxylic acids is 1. The third kappa shape index (κ3) is 2.47. The number of anilines is 1. The zero-order valence-corrected chi connectivity index (χ0v) is 12.3. The lowest BCUT2D eigenvalue weighted by Gasteiger charge is -2.18. The van der Waals surface area contributed by atoms with Crippen LogP contribution in [0.15, 0.2) is 29.3 Å². The summed E-state index contributed by atoms with van der Waals surface area (Å²) in [6.07, 6.45) is -2.57. The summed E-state index contributed by atoms with van der Waals surface area (Å²) in [7, 11) is 0. The van der Waals surface area contributed by atoms with Crippen molar-refractivity contribution in [1.82, 2.24) is 0 Å². The highest BCUT2D eigenvalue weighted by Crippen LogP contribution is 2.39. The van der Waals surface area contributed by atoms with Gasteiger partial charge in [0, 0.05) is 11.1 Å². The molecule has 0 bridgehead atoms. The van der Waals surface area contributed by atoms with E-state index in [0.29, 0.717) is 35.0 Å². The fraction of sp³-hybridized carbons (Fsp3) is 0.312. The smallest absolute Gasteiger partial charge is 0.417 e. The normalized spacial score (nSPS) is 18.2. The Kier molecular flexibility index (Phi) is 3.70. The maximum absolute atomic E-state index is 13.1. The molecular formula is C16H12F3NO4. The van der Waals surface area contributed by atoms with Gasteiger partial charge in [0.2, 0.25) is 0 Å². The Morgan fingerprint density at radius 1 is 1.04 bits per heavy atom. The molecule has 0 spiro atoms. The maximum Gasteiger partial charge on any atom is 0.417 e. The Labute approximate surface area is 134 Å². The molecule has 3 rings (SSSR count). The number of hydrogen-bond donors (Lipinski definition) is 1. The van der Waals surface area contributed by atoms with E-state index in [0.717, 1.165) is 25.0 Å². The molecule has 0 saturated carbocycles. The summed E-state index contributed by atoms with van der Waals surface area (Å²) in [5.74, 6) is -2.97. The zero-order valence-electron chi connectivity index (χ0n) is 12.3. The zero-order chi connectivity index (χ0) is 17.6. The number of hydrogen-bond acceptors (Lipinski definition) is 3. The van der Waals surface area contributed by atoms with Crippen LogP contribution in [0.2, 0.25) is 0 Å². The number of carbonyl (C=O) groups is 3. The summed E-state index contributed by atoms with van der Waals surface area (Å²) in [5, 5.41) is 8.90. The Morgan fingerprint density at radius 2 is 1.58 bits per heavy atom. The highest BCUT2D eigenvalue weighted by Gasteiger charge is 2.41. The van der Waals surface area contributed by atoms with Gasteiger partial charge in [-0.25, -0.2) is 9.69 Å². The van der Waals surface area contributed by atoms with Crippen LogP contribution in [-0.4, -0.2) is 22.9 Å². The summed E-state index contributed by atoms with van der Waals surface area (Å²) in [6.45, 7) is 0. The highest BCUT2D eigenvalue weighted by molar-refractivity contribution is 6.33. The number of imide groups is 1. The summed E-state index contributed by atoms with van der Waals surface area (Å²) >= 11 is 0. The van der Waals surface area contributed by atoms with E-state index < -0.39 is 35.1 Å². The van der Waals surface area contributed by atoms with E-state index in [2.05, 4.69) is 0 Å². The van der Waals surface area contributed by atoms with Crippen LogP contribution in [0.5, 0.6) is 0 Å². The van der Waals surface area contributed by atoms with Crippen LogP contribution in [0.4, 0.5) is 18.9 Å². The van der Waals surface area contributed by atoms with Crippen LogP contribution in [-0.2, 0) is 15.8 Å². The first-order valence-electron chi connectivity index (χ1n) is 7.27. The molecule has 0 radical (unpaired) electrons. The van der Waals surface area contributed by atoms with E-state index in [1.54, 1.807) is 0 Å². The van der Waals surface area contributed by atoms with E-state index in [-0.39, 0.29) is 5.69 Å². The van der Waals surface area contributed by atoms with Gasteiger partial charge in [-0.15, -0.1) is 0 Å². The van der Waals surface area contributed by atoms with Crippen LogP contribution in [0.1, 0.15) is 41.6 Å². The number of amides is 2. The van der Waals surface area contributed by atoms with Crippen molar-refractivity contribution in [2.45, 2.75) is 31.9 Å². The molecule has 2 aliphatic rings. The molecule has 1 N–H and O–H groups in total. The largest absolute Gasteiger partial charge is 0.478 e. The number of alkyl halides is 3. The van der Waals surface area contributed by atoms with Gasteiger partial charge in [-0.1, -0.05) is 0 Å². The summed E-state index contributed by atoms with van der Waals surface area (Å²) in [4.78, 5) is 36.4. The van der Waals surface area contributed by atoms with Gasteiger partial charge in [0.15, 0.2) is 0 Å². The lowest BCUT2D eigenvalue weighted by Crippen LogP contribution is -2.32. The molecule has 0 saturated heterocycles. The first kappa shape index (κ1) is 16.2. The van der Waals surface area contributed by atoms with Gasteiger partial charge in [0.25, 0.3) is 11.8 Å². The van der Waals surface area contributed by atoms with Crippen molar-refractivity contribution in [3.63, 3.8) is 0 Å². The maximum atomic E-state index is 13.1. The van der Waals surface area contributed by atoms with Crippen molar-refractivity contribution in [1.29, 1.82) is 0 Å². The van der Waals surface area contributed by atoms with Crippen LogP contribution in [0, 0.1) is 0 Å². The van der Waals surface area contributed by atoms with E-state index in [1.165, 1.54) is 0 Å². The number of carbonyl (C=O) groups excluding carboxylic acids is 2. The van der Waals surface area contributed by atoms with Crippen LogP contribution >= 0.6 is 0 Å². The van der Waals surface area contributed by atoms with Crippen molar-refractivity contribution in [2.75, 3.05) is 4.90 Å². The van der Waals surface area contributed by atoms with Crippen LogP contribution in [0.25, 0.3) is 0 Å². The van der Waals surface area contributed by atoms with Crippen LogP contribution in [0.3, 0.4) is 0 Å². The van der Waals surface area contributed by atoms with Gasteiger partial charge in [-0.2, -0.15) is 13.2 Å². The number of benzene rings is 1. The average molecular weight is 339 g/mol. The summed E-state index contributed by atoms with van der Waals surface area (Å²) in [6, 6.07) is 2.35. The fourth-order valence-electron chi connectivity index (χ4n) is 3.07. The molecular weight excluding hydrogens is 327 g/mol. The Bertz CT molecular complexity index is 767. The quantitative estimate of drug-likeness (QED) is 0.840. The van der Waals surface area contributed by atoms with E-state index >= 15 is 0 Å². The van der Waals surface area contributed by atoms with E-state index in [4.69, 9.17) is 5.11 Å². The molecule has 1 heterocycles. The number of halogens is 3. The molecule has 5 nitrogen and oxygen atoms in total. The SMILES string of the molecule is O=C(O)c1ccc(N2C(=O)C3=C(CCCC3)C2=O)cc1C(F)(F)F. The van der Waals surface area contributed by atoms with E-state index in [1.807, 2.05) is 0 Å². The molecule has 1 aromatic carbocycles. The minimum atomic E-state index is -4.91. The molecule has 1 aromatic rings. The molecule has 0 atom stereocenters. The minimum Gasteiger partial charge on any atom is -0.478 e. The number of carboxylic acid groups (broad SMARTS) is 1. The van der Waals surface area contributed by atoms with Gasteiger partial charge in [-0.05, 0) is 43.9 Å². The third-order valence-corrected chi connectivity index (χ3v) is 4.19. The topological polar surface area (TPSA) is 74.7 Å². The van der Waals surface area contributed by atoms with Gasteiger partial charge in [0.05, 0.1) is 16.8 Å². The minimum absolute atomic E-state index is 0.267. The summed E-state index contributed by atoms with van der Waals surface area (Å²) < 4.78 is 39.3. The molecule has 24 heavy (non-hydrogen) atoms. The fourth-order valence-corrected chi connectivity index (χ4v) is 3.07. The first-order valence-corrected chi connectivity index (χ1v) is 7.27. The second kappa shape index (κ2) is 5.47. The first-order chi connectivity index (χ1) is 11.2. The van der Waals surface area contributed by atoms with Gasteiger partial charge < -0.3 is 5.11 Å². The lowest BCUT2D eigenvalue weighted by atomic mass is 9.93. The van der Waals surface area contributed by atoms with E-state index in [9.17, 15) is 27.6 Å². The lowest BCUT2D eigenvalue weighted by molar-refractivity contribution is -0.138. The molecule has 1 aliphatic heterocycles. The Balaban J connectivity index is 2.07. The Hall–Kier alpha value is -2.64. The summed E-state index contributed by atoms with van der Waals surface area (Å²) in [5.41, 5.74) is -1.89. The molecule has 8 heteroatoms. The standard InChI is InChI=1S/C16H12F3NO4/c17-16(18,19)12-7-8(5-6-11(12)15(23)24)20-13(21)9-3-1-2-4-10(9)14(20)22/h5-7H,1-4H2,(H,23,24).